The second-order valence-electron chi connectivity index (χ2n) is 6.62. The smallest absolute Gasteiger partial charge is 0.175 e. The minimum atomic E-state index is -3.27. The minimum Gasteiger partial charge on any atom is -0.339 e. The fourth-order valence-corrected chi connectivity index (χ4v) is 3.69. The molecule has 0 spiro atoms. The number of aromatic nitrogens is 2. The highest BCUT2D eigenvalue weighted by molar-refractivity contribution is 7.90. The number of fused-ring (bicyclic) bond motifs is 1. The third-order valence-corrected chi connectivity index (χ3v) is 5.64. The van der Waals surface area contributed by atoms with Gasteiger partial charge in [-0.25, -0.2) is 17.8 Å². The van der Waals surface area contributed by atoms with E-state index in [0.717, 1.165) is 28.3 Å². The summed E-state index contributed by atoms with van der Waals surface area (Å²) in [6.07, 6.45) is 3.08. The molecular formula is C21H18FN3O2S. The topological polar surface area (TPSA) is 63.5 Å². The molecular weight excluding hydrogens is 377 g/mol. The van der Waals surface area contributed by atoms with E-state index in [1.807, 2.05) is 29.7 Å². The van der Waals surface area contributed by atoms with Crippen LogP contribution in [0, 0.1) is 12.7 Å². The van der Waals surface area contributed by atoms with E-state index in [4.69, 9.17) is 4.98 Å². The summed E-state index contributed by atoms with van der Waals surface area (Å²) in [7, 11) is -3.27. The first-order valence-electron chi connectivity index (χ1n) is 8.64. The van der Waals surface area contributed by atoms with Crippen LogP contribution < -0.4 is 5.32 Å². The van der Waals surface area contributed by atoms with Crippen LogP contribution >= 0.6 is 0 Å². The molecule has 0 atom stereocenters. The molecule has 0 radical (unpaired) electrons. The molecule has 0 unspecified atom stereocenters. The van der Waals surface area contributed by atoms with E-state index in [0.29, 0.717) is 5.69 Å². The van der Waals surface area contributed by atoms with E-state index in [1.165, 1.54) is 18.4 Å². The molecule has 2 aromatic carbocycles. The van der Waals surface area contributed by atoms with Crippen LogP contribution in [0.4, 0.5) is 15.9 Å². The first-order chi connectivity index (χ1) is 13.3. The molecule has 142 valence electrons. The SMILES string of the molecule is Cc1cccn2c(Nc3ccc(F)cc3)c(-c3ccc(S(C)(=O)=O)cc3)nc12. The van der Waals surface area contributed by atoms with Crippen molar-refractivity contribution in [3.05, 3.63) is 78.2 Å². The monoisotopic (exact) mass is 395 g/mol. The number of rotatable bonds is 4. The Labute approximate surface area is 162 Å². The minimum absolute atomic E-state index is 0.254. The Bertz CT molecular complexity index is 1260. The number of pyridine rings is 1. The number of anilines is 2. The van der Waals surface area contributed by atoms with Crippen molar-refractivity contribution < 1.29 is 12.8 Å². The summed E-state index contributed by atoms with van der Waals surface area (Å²) in [5.41, 5.74) is 3.97. The molecule has 7 heteroatoms. The van der Waals surface area contributed by atoms with Gasteiger partial charge >= 0.3 is 0 Å². The molecule has 28 heavy (non-hydrogen) atoms. The van der Waals surface area contributed by atoms with Crippen molar-refractivity contribution in [1.82, 2.24) is 9.38 Å². The van der Waals surface area contributed by atoms with Gasteiger partial charge in [0, 0.05) is 23.7 Å². The van der Waals surface area contributed by atoms with Crippen LogP contribution in [0.25, 0.3) is 16.9 Å². The Kier molecular flexibility index (Phi) is 4.39. The van der Waals surface area contributed by atoms with E-state index in [2.05, 4.69) is 5.32 Å². The van der Waals surface area contributed by atoms with Crippen molar-refractivity contribution >= 4 is 27.0 Å². The van der Waals surface area contributed by atoms with E-state index in [-0.39, 0.29) is 10.7 Å². The van der Waals surface area contributed by atoms with Gasteiger partial charge < -0.3 is 5.32 Å². The summed E-state index contributed by atoms with van der Waals surface area (Å²) >= 11 is 0. The van der Waals surface area contributed by atoms with Gasteiger partial charge in [0.2, 0.25) is 0 Å². The number of imidazole rings is 1. The summed E-state index contributed by atoms with van der Waals surface area (Å²) < 4.78 is 38.7. The Hall–Kier alpha value is -3.19. The molecule has 0 aliphatic carbocycles. The molecule has 0 aliphatic heterocycles. The number of hydrogen-bond acceptors (Lipinski definition) is 4. The molecule has 0 saturated carbocycles. The van der Waals surface area contributed by atoms with Crippen LogP contribution in [0.15, 0.2) is 71.8 Å². The van der Waals surface area contributed by atoms with Crippen LogP contribution in [0.5, 0.6) is 0 Å². The molecule has 4 rings (SSSR count). The van der Waals surface area contributed by atoms with E-state index < -0.39 is 9.84 Å². The zero-order valence-corrected chi connectivity index (χ0v) is 16.2. The van der Waals surface area contributed by atoms with Gasteiger partial charge in [0.1, 0.15) is 23.0 Å². The zero-order chi connectivity index (χ0) is 19.9. The highest BCUT2D eigenvalue weighted by Gasteiger charge is 2.16. The maximum Gasteiger partial charge on any atom is 0.175 e. The van der Waals surface area contributed by atoms with E-state index >= 15 is 0 Å². The normalized spacial score (nSPS) is 11.7. The number of sulfone groups is 1. The predicted octanol–water partition coefficient (Wildman–Crippen LogP) is 4.60. The van der Waals surface area contributed by atoms with Crippen molar-refractivity contribution in [2.24, 2.45) is 0 Å². The lowest BCUT2D eigenvalue weighted by Crippen LogP contribution is -1.98. The van der Waals surface area contributed by atoms with Gasteiger partial charge in [-0.2, -0.15) is 0 Å². The number of nitrogens with zero attached hydrogens (tertiary/aromatic N) is 2. The third-order valence-electron chi connectivity index (χ3n) is 4.51. The number of nitrogens with one attached hydrogen (secondary N) is 1. The number of halogens is 1. The molecule has 0 amide bonds. The Morgan fingerprint density at radius 3 is 2.32 bits per heavy atom. The second kappa shape index (κ2) is 6.76. The quantitative estimate of drug-likeness (QED) is 0.549. The molecule has 4 aromatic rings. The maximum absolute atomic E-state index is 13.3. The molecule has 0 aliphatic rings. The Balaban J connectivity index is 1.87. The zero-order valence-electron chi connectivity index (χ0n) is 15.3. The van der Waals surface area contributed by atoms with Crippen molar-refractivity contribution in [3.8, 4) is 11.3 Å². The van der Waals surface area contributed by atoms with Gasteiger partial charge in [-0.3, -0.25) is 4.40 Å². The van der Waals surface area contributed by atoms with Gasteiger partial charge in [-0.15, -0.1) is 0 Å². The largest absolute Gasteiger partial charge is 0.339 e. The lowest BCUT2D eigenvalue weighted by molar-refractivity contribution is 0.602. The van der Waals surface area contributed by atoms with Crippen LogP contribution in [-0.2, 0) is 9.84 Å². The van der Waals surface area contributed by atoms with Crippen LogP contribution in [-0.4, -0.2) is 24.1 Å². The van der Waals surface area contributed by atoms with Crippen LogP contribution in [0.3, 0.4) is 0 Å². The first-order valence-corrected chi connectivity index (χ1v) is 10.5. The molecule has 1 N–H and O–H groups in total. The molecule has 2 heterocycles. The van der Waals surface area contributed by atoms with Gasteiger partial charge in [0.05, 0.1) is 4.90 Å². The summed E-state index contributed by atoms with van der Waals surface area (Å²) in [6, 6.07) is 16.6. The van der Waals surface area contributed by atoms with Crippen molar-refractivity contribution in [2.75, 3.05) is 11.6 Å². The van der Waals surface area contributed by atoms with Gasteiger partial charge in [-0.05, 0) is 55.0 Å². The highest BCUT2D eigenvalue weighted by Crippen LogP contribution is 2.32. The lowest BCUT2D eigenvalue weighted by Gasteiger charge is -2.09. The fraction of sp³-hybridized carbons (Fsp3) is 0.0952. The average molecular weight is 395 g/mol. The van der Waals surface area contributed by atoms with E-state index in [9.17, 15) is 12.8 Å². The summed E-state index contributed by atoms with van der Waals surface area (Å²) in [4.78, 5) is 5.02. The fourth-order valence-electron chi connectivity index (χ4n) is 3.05. The lowest BCUT2D eigenvalue weighted by atomic mass is 10.1. The maximum atomic E-state index is 13.3. The van der Waals surface area contributed by atoms with Crippen molar-refractivity contribution in [1.29, 1.82) is 0 Å². The van der Waals surface area contributed by atoms with Gasteiger partial charge in [-0.1, -0.05) is 18.2 Å². The molecule has 0 bridgehead atoms. The van der Waals surface area contributed by atoms with Crippen molar-refractivity contribution in [3.63, 3.8) is 0 Å². The van der Waals surface area contributed by atoms with Gasteiger partial charge in [0.25, 0.3) is 0 Å². The van der Waals surface area contributed by atoms with Gasteiger partial charge in [0.15, 0.2) is 9.84 Å². The highest BCUT2D eigenvalue weighted by atomic mass is 32.2. The first kappa shape index (κ1) is 18.2. The van der Waals surface area contributed by atoms with Crippen molar-refractivity contribution in [2.45, 2.75) is 11.8 Å². The molecule has 2 aromatic heterocycles. The molecule has 0 fully saturated rings. The molecule has 5 nitrogen and oxygen atoms in total. The summed E-state index contributed by atoms with van der Waals surface area (Å²) in [6.45, 7) is 1.97. The molecule has 0 saturated heterocycles. The summed E-state index contributed by atoms with van der Waals surface area (Å²) in [5.74, 6) is 0.411. The Morgan fingerprint density at radius 2 is 1.68 bits per heavy atom. The second-order valence-corrected chi connectivity index (χ2v) is 8.64. The van der Waals surface area contributed by atoms with E-state index in [1.54, 1.807) is 36.4 Å². The van der Waals surface area contributed by atoms with Crippen LogP contribution in [0.2, 0.25) is 0 Å². The Morgan fingerprint density at radius 1 is 1.00 bits per heavy atom. The van der Waals surface area contributed by atoms with Crippen LogP contribution in [0.1, 0.15) is 5.56 Å². The third kappa shape index (κ3) is 3.36. The average Bonchev–Trinajstić information content (AvgIpc) is 3.03. The predicted molar refractivity (Wildman–Crippen MR) is 108 cm³/mol. The standard InChI is InChI=1S/C21H18FN3O2S/c1-14-4-3-13-25-20(14)24-19(15-5-11-18(12-6-15)28(2,26)27)21(25)23-17-9-7-16(22)8-10-17/h3-13,23H,1-2H3. The number of benzene rings is 2. The number of hydrogen-bond donors (Lipinski definition) is 1. The number of aryl methyl sites for hydroxylation is 1. The summed E-state index contributed by atoms with van der Waals surface area (Å²) in [5, 5.41) is 3.31.